The van der Waals surface area contributed by atoms with E-state index in [2.05, 4.69) is 34.6 Å². The Bertz CT molecular complexity index is 3450. The Kier molecular flexibility index (Phi) is 59.8. The summed E-state index contributed by atoms with van der Waals surface area (Å²) in [6, 6.07) is 22.6. The maximum Gasteiger partial charge on any atom is 1.00 e. The third kappa shape index (κ3) is 33.9. The minimum atomic E-state index is -1.32. The van der Waals surface area contributed by atoms with Gasteiger partial charge in [0.2, 0.25) is 0 Å². The average molecular weight is 1650 g/mol. The number of ether oxygens (including phenoxy) is 2. The van der Waals surface area contributed by atoms with Crippen molar-refractivity contribution >= 4 is 158 Å². The van der Waals surface area contributed by atoms with Gasteiger partial charge in [0, 0.05) is 85.3 Å². The van der Waals surface area contributed by atoms with Crippen LogP contribution >= 0.6 is 49.7 Å². The first-order chi connectivity index (χ1) is 45.6. The van der Waals surface area contributed by atoms with Crippen molar-refractivity contribution in [3.8, 4) is 11.5 Å². The molecule has 12 unspecified atom stereocenters. The maximum absolute atomic E-state index is 13.2. The fourth-order valence-corrected chi connectivity index (χ4v) is 15.6. The van der Waals surface area contributed by atoms with Gasteiger partial charge < -0.3 is 93.8 Å². The summed E-state index contributed by atoms with van der Waals surface area (Å²) < 4.78 is 13.7. The molecule has 2 fully saturated rings. The van der Waals surface area contributed by atoms with Gasteiger partial charge >= 0.3 is 290 Å². The van der Waals surface area contributed by atoms with Crippen LogP contribution < -0.4 is 110 Å². The van der Waals surface area contributed by atoms with E-state index < -0.39 is 69.9 Å². The number of halogens is 1. The number of aliphatic carboxylic acids is 4. The SMILES string of the molecule is C/C=C/C.CC1CC2=C(C(=O)C([Se]c3ccccc3)C(C(=O)[O-])C2)C(C)C1C.CC1OC2=C(C(=O)CC(C(=O)[O-])C2)C(C)C1C.CC1Oc2cc(C(=O)O)cc(O)c2C(C)C1C.CC=C1C(=O)CC(C(=O)[O-])CC1=O.CC=O.Cl[Se]c1ccccc1.O=C1CC(=O)CC(C(=O)[O-])C1.[Li+].[Li+].[Li+].[Li+].[PH2-].[PH2-].[PH2-].[PH2-]. The van der Waals surface area contributed by atoms with Crippen molar-refractivity contribution in [3.05, 3.63) is 130 Å². The Morgan fingerprint density at radius 1 is 0.533 bits per heavy atom. The van der Waals surface area contributed by atoms with Crippen LogP contribution in [0.3, 0.4) is 0 Å². The molecule has 0 spiro atoms. The number of hydrogen-bond acceptors (Lipinski definition) is 19. The van der Waals surface area contributed by atoms with Gasteiger partial charge in [-0.3, -0.25) is 24.0 Å². The number of carbonyl (C=O) groups excluding carboxylic acids is 11. The van der Waals surface area contributed by atoms with E-state index in [1.54, 1.807) is 6.92 Å². The molecule has 7 aliphatic rings. The number of phenols is 1. The van der Waals surface area contributed by atoms with E-state index in [9.17, 15) is 78.3 Å². The molecule has 2 N–H and O–H groups in total. The van der Waals surface area contributed by atoms with Crippen molar-refractivity contribution in [3.63, 3.8) is 0 Å². The number of rotatable bonds is 8. The molecular formula is C74H97ClLi4O20P4Se2-4. The van der Waals surface area contributed by atoms with Gasteiger partial charge in [-0.25, -0.2) is 4.79 Å². The molecule has 105 heavy (non-hydrogen) atoms. The van der Waals surface area contributed by atoms with Crippen LogP contribution in [-0.4, -0.2) is 122 Å². The molecule has 3 aromatic carbocycles. The van der Waals surface area contributed by atoms with Crippen LogP contribution in [0.2, 0.25) is 4.82 Å². The number of ketones is 6. The van der Waals surface area contributed by atoms with Crippen LogP contribution in [0.4, 0.5) is 0 Å². The first-order valence-electron chi connectivity index (χ1n) is 32.2. The Hall–Kier alpha value is -3.50. The van der Waals surface area contributed by atoms with E-state index in [1.807, 2.05) is 114 Å². The van der Waals surface area contributed by atoms with Crippen LogP contribution in [-0.2, 0) is 57.5 Å². The number of hydrogen-bond donors (Lipinski definition) is 2. The number of aromatic hydroxyl groups is 1. The standard InChI is InChI=1S/C20H24O3Se.C13H18O4.C13H16O4.C9H10O4.C7H8O4.C6H5ClSe.C4H8.C2H4O.4Li.4H2P/c1-11-9-14-10-16(20(22)23)19(24-15-7-5-4-6-8-15)18(21)17(14)13(3)12(11)2;2*1-6-7(2)12-10(14)4-9(13(15)16)5-11(12)17-8(6)3;1-2-6-7(10)3-5(9(12)13)4-8(6)11;8-5-1-4(7(10)11)2-6(9)3-5;7-8-6-4-2-1-3-5-6;1-3-4-2;1-2-3;;;;;;;;/h4-8,11-13,16,19H,9-10H2,1-3H3,(H,22,23);6-9H,4-5H2,1-3H3,(H,15,16);4-8,14H,1-3H3,(H,15,16);2,5H,3-4H2,1H3,(H,12,13);4H,1-3H2,(H,10,11);1-5H;3-4H,1-2H3;2H,1H3;;;;;4*1H2/q;;;;;;;;4*+1;4*-1/p-4/b;;;;;;4-3+;;;;;;;;;. The molecule has 10 rings (SSSR count). The summed E-state index contributed by atoms with van der Waals surface area (Å²) in [5, 5.41) is 62.1. The predicted molar refractivity (Wildman–Crippen MR) is 397 cm³/mol. The molecule has 560 valence electrons. The van der Waals surface area contributed by atoms with Gasteiger partial charge in [-0.05, 0) is 77.3 Å². The molecule has 31 heteroatoms. The number of carboxylic acid groups (broad SMARTS) is 5. The molecule has 2 heterocycles. The van der Waals surface area contributed by atoms with Crippen molar-refractivity contribution in [2.24, 2.45) is 59.2 Å². The van der Waals surface area contributed by atoms with Gasteiger partial charge in [-0.15, -0.1) is 0 Å². The second-order valence-corrected chi connectivity index (χ2v) is 29.6. The number of allylic oxidation sites excluding steroid dienone is 8. The number of carbonyl (C=O) groups is 12. The summed E-state index contributed by atoms with van der Waals surface area (Å²) in [7, 11) is 5.59. The van der Waals surface area contributed by atoms with Crippen LogP contribution in [0.1, 0.15) is 170 Å². The summed E-state index contributed by atoms with van der Waals surface area (Å²) in [5.41, 5.74) is 3.59. The second-order valence-electron chi connectivity index (χ2n) is 25.0. The summed E-state index contributed by atoms with van der Waals surface area (Å²) in [6.07, 6.45) is 7.47. The number of fused-ring (bicyclic) bond motifs is 1. The minimum Gasteiger partial charge on any atom is -0.577 e. The normalized spacial score (nSPS) is 24.2. The Morgan fingerprint density at radius 2 is 0.952 bits per heavy atom. The first-order valence-corrected chi connectivity index (χ1v) is 37.2. The maximum atomic E-state index is 13.2. The van der Waals surface area contributed by atoms with Crippen molar-refractivity contribution in [1.29, 1.82) is 0 Å². The van der Waals surface area contributed by atoms with Crippen LogP contribution in [0.15, 0.2) is 119 Å². The van der Waals surface area contributed by atoms with E-state index in [1.165, 1.54) is 29.6 Å². The Labute approximate surface area is 696 Å². The summed E-state index contributed by atoms with van der Waals surface area (Å²) in [4.78, 5) is 131. The molecule has 2 aliphatic heterocycles. The van der Waals surface area contributed by atoms with E-state index >= 15 is 0 Å². The minimum absolute atomic E-state index is 0. The fraction of sp³-hybridized carbons (Fsp3) is 0.486. The number of carboxylic acids is 5. The third-order valence-electron chi connectivity index (χ3n) is 18.5. The summed E-state index contributed by atoms with van der Waals surface area (Å²) in [6.45, 7) is 25.6. The van der Waals surface area contributed by atoms with E-state index in [4.69, 9.17) is 29.5 Å². The molecule has 0 amide bonds. The third-order valence-corrected chi connectivity index (χ3v) is 23.1. The second kappa shape index (κ2) is 55.8. The van der Waals surface area contributed by atoms with Crippen molar-refractivity contribution in [1.82, 2.24) is 0 Å². The predicted octanol–water partition coefficient (Wildman–Crippen LogP) is -4.79. The number of aromatic carboxylic acids is 1. The molecule has 0 radical (unpaired) electrons. The average Bonchev–Trinajstić information content (AvgIpc) is 0.771. The molecular weight excluding hydrogens is 1550 g/mol. The molecule has 5 aliphatic carbocycles. The molecule has 0 saturated heterocycles. The van der Waals surface area contributed by atoms with Gasteiger partial charge in [0.25, 0.3) is 0 Å². The van der Waals surface area contributed by atoms with Gasteiger partial charge in [0.1, 0.15) is 35.1 Å². The van der Waals surface area contributed by atoms with Gasteiger partial charge in [0.15, 0.2) is 17.3 Å². The number of Topliss-reactive ketones (excluding diaryl/α,β-unsaturated/α-hetero) is 6. The topological polar surface area (TPSA) is 356 Å². The first kappa shape index (κ1) is 112. The largest absolute Gasteiger partial charge is 1.00 e. The molecule has 0 aromatic heterocycles. The number of aldehydes is 1. The van der Waals surface area contributed by atoms with Crippen LogP contribution in [0, 0.1) is 59.2 Å². The van der Waals surface area contributed by atoms with E-state index in [0.29, 0.717) is 47.3 Å². The Morgan fingerprint density at radius 3 is 1.37 bits per heavy atom. The van der Waals surface area contributed by atoms with Gasteiger partial charge in [-0.2, -0.15) is 0 Å². The molecule has 2 saturated carbocycles. The zero-order chi connectivity index (χ0) is 73.3. The molecule has 12 atom stereocenters. The summed E-state index contributed by atoms with van der Waals surface area (Å²) in [5.74, 6) is -7.47. The summed E-state index contributed by atoms with van der Waals surface area (Å²) >= 11 is -0.0467. The zero-order valence-electron chi connectivity index (χ0n) is 63.4. The zero-order valence-corrected chi connectivity index (χ0v) is 72.2. The van der Waals surface area contributed by atoms with Crippen molar-refractivity contribution in [2.75, 3.05) is 0 Å². The van der Waals surface area contributed by atoms with Gasteiger partial charge in [0.05, 0.1) is 29.8 Å². The number of phenolic OH excluding ortho intramolecular Hbond substituents is 1. The fourth-order valence-electron chi connectivity index (χ4n) is 12.0. The molecule has 0 bridgehead atoms. The van der Waals surface area contributed by atoms with E-state index in [-0.39, 0.29) is 264 Å². The Balaban J connectivity index is -0.000000277. The van der Waals surface area contributed by atoms with Crippen LogP contribution in [0.5, 0.6) is 11.5 Å². The molecule has 20 nitrogen and oxygen atoms in total. The molecule has 3 aromatic rings. The van der Waals surface area contributed by atoms with Crippen LogP contribution in [0.25, 0.3) is 0 Å². The number of benzene rings is 3. The quantitative estimate of drug-likeness (QED) is 0.0407. The van der Waals surface area contributed by atoms with Gasteiger partial charge in [-0.1, -0.05) is 45.9 Å². The van der Waals surface area contributed by atoms with Crippen molar-refractivity contribution < 1.29 is 173 Å². The monoisotopic (exact) mass is 1650 g/mol. The van der Waals surface area contributed by atoms with E-state index in [0.717, 1.165) is 28.3 Å². The van der Waals surface area contributed by atoms with Crippen molar-refractivity contribution in [2.45, 2.75) is 171 Å². The smallest absolute Gasteiger partial charge is 0.577 e.